The summed E-state index contributed by atoms with van der Waals surface area (Å²) in [5, 5.41) is 0. The largest absolute Gasteiger partial charge is 0.329 e. The van der Waals surface area contributed by atoms with Crippen LogP contribution in [0.1, 0.15) is 45.4 Å². The van der Waals surface area contributed by atoms with Crippen molar-refractivity contribution in [2.75, 3.05) is 6.54 Å². The molecule has 1 fully saturated rings. The van der Waals surface area contributed by atoms with Gasteiger partial charge in [0.15, 0.2) is 0 Å². The molecule has 0 N–H and O–H groups in total. The molecular formula is C9H21NSi. The molecule has 0 amide bonds. The minimum Gasteiger partial charge on any atom is -0.329 e. The maximum absolute atomic E-state index is 2.68. The minimum absolute atomic E-state index is 0.968. The summed E-state index contributed by atoms with van der Waals surface area (Å²) in [4.78, 5) is 0. The van der Waals surface area contributed by atoms with Gasteiger partial charge in [0.2, 0.25) is 0 Å². The van der Waals surface area contributed by atoms with Gasteiger partial charge in [0, 0.05) is 6.04 Å². The van der Waals surface area contributed by atoms with E-state index in [1.54, 1.807) is 0 Å². The van der Waals surface area contributed by atoms with Crippen LogP contribution in [-0.4, -0.2) is 27.6 Å². The number of hydrogen-bond donors (Lipinski definition) is 0. The Morgan fingerprint density at radius 1 is 1.27 bits per heavy atom. The molecule has 1 aliphatic carbocycles. The zero-order chi connectivity index (χ0) is 8.10. The molecule has 0 unspecified atom stereocenters. The van der Waals surface area contributed by atoms with Gasteiger partial charge in [0.05, 0.1) is 10.4 Å². The van der Waals surface area contributed by atoms with Crippen molar-refractivity contribution >= 4 is 10.4 Å². The van der Waals surface area contributed by atoms with Gasteiger partial charge in [0.1, 0.15) is 0 Å². The Bertz CT molecular complexity index is 99.7. The summed E-state index contributed by atoms with van der Waals surface area (Å²) < 4.78 is 2.68. The molecule has 0 atom stereocenters. The van der Waals surface area contributed by atoms with Crippen LogP contribution < -0.4 is 0 Å². The molecule has 1 aliphatic rings. The van der Waals surface area contributed by atoms with E-state index in [1.807, 2.05) is 0 Å². The zero-order valence-electron chi connectivity index (χ0n) is 7.97. The summed E-state index contributed by atoms with van der Waals surface area (Å²) in [5.41, 5.74) is 0. The quantitative estimate of drug-likeness (QED) is 0.579. The van der Waals surface area contributed by atoms with Crippen molar-refractivity contribution in [3.8, 4) is 0 Å². The molecule has 1 rings (SSSR count). The predicted octanol–water partition coefficient (Wildman–Crippen LogP) is 1.31. The molecule has 2 heteroatoms. The van der Waals surface area contributed by atoms with Crippen molar-refractivity contribution in [2.45, 2.75) is 51.5 Å². The topological polar surface area (TPSA) is 3.24 Å². The van der Waals surface area contributed by atoms with E-state index in [-0.39, 0.29) is 0 Å². The maximum Gasteiger partial charge on any atom is 0.0787 e. The molecule has 0 saturated heterocycles. The van der Waals surface area contributed by atoms with Crippen LogP contribution in [0.15, 0.2) is 0 Å². The molecule has 1 nitrogen and oxygen atoms in total. The van der Waals surface area contributed by atoms with Crippen LogP contribution in [0.2, 0.25) is 0 Å². The van der Waals surface area contributed by atoms with Crippen LogP contribution in [0.5, 0.6) is 0 Å². The summed E-state index contributed by atoms with van der Waals surface area (Å²) in [6.45, 7) is 3.63. The van der Waals surface area contributed by atoms with Gasteiger partial charge in [0.25, 0.3) is 0 Å². The van der Waals surface area contributed by atoms with Gasteiger partial charge in [-0.15, -0.1) is 0 Å². The zero-order valence-corrected chi connectivity index (χ0v) is 9.97. The number of rotatable bonds is 3. The Kier molecular flexibility index (Phi) is 4.16. The fraction of sp³-hybridized carbons (Fsp3) is 1.00. The van der Waals surface area contributed by atoms with Gasteiger partial charge in [-0.1, -0.05) is 26.2 Å². The van der Waals surface area contributed by atoms with Crippen LogP contribution >= 0.6 is 0 Å². The summed E-state index contributed by atoms with van der Waals surface area (Å²) >= 11 is 0. The first-order valence-electron chi connectivity index (χ1n) is 5.05. The molecular weight excluding hydrogens is 150 g/mol. The lowest BCUT2D eigenvalue weighted by atomic mass is 9.95. The van der Waals surface area contributed by atoms with E-state index in [4.69, 9.17) is 0 Å². The lowest BCUT2D eigenvalue weighted by Crippen LogP contribution is -2.35. The highest BCUT2D eigenvalue weighted by Gasteiger charge is 2.16. The monoisotopic (exact) mass is 171 g/mol. The highest BCUT2D eigenvalue weighted by molar-refractivity contribution is 6.04. The van der Waals surface area contributed by atoms with E-state index in [1.165, 1.54) is 55.5 Å². The average molecular weight is 171 g/mol. The molecule has 0 heterocycles. The van der Waals surface area contributed by atoms with Crippen molar-refractivity contribution in [1.29, 1.82) is 0 Å². The molecule has 0 bridgehead atoms. The van der Waals surface area contributed by atoms with E-state index in [0.717, 1.165) is 6.04 Å². The smallest absolute Gasteiger partial charge is 0.0787 e. The fourth-order valence-corrected chi connectivity index (χ4v) is 3.02. The van der Waals surface area contributed by atoms with Gasteiger partial charge in [-0.25, -0.2) is 0 Å². The van der Waals surface area contributed by atoms with Gasteiger partial charge in [-0.3, -0.25) is 0 Å². The molecule has 0 aliphatic heterocycles. The van der Waals surface area contributed by atoms with Crippen molar-refractivity contribution in [2.24, 2.45) is 0 Å². The third kappa shape index (κ3) is 2.95. The van der Waals surface area contributed by atoms with E-state index in [9.17, 15) is 0 Å². The SMILES string of the molecule is CCCN([SiH3])C1CCCCC1. The van der Waals surface area contributed by atoms with Crippen LogP contribution in [0.4, 0.5) is 0 Å². The Hall–Kier alpha value is 0.177. The molecule has 0 aromatic rings. The van der Waals surface area contributed by atoms with E-state index >= 15 is 0 Å². The summed E-state index contributed by atoms with van der Waals surface area (Å²) in [7, 11) is 1.27. The van der Waals surface area contributed by atoms with Crippen molar-refractivity contribution in [1.82, 2.24) is 4.57 Å². The standard InChI is InChI=1S/C9H21NSi/c1-2-8-10(11)9-6-4-3-5-7-9/h9H,2-8H2,1,11H3. The Morgan fingerprint density at radius 2 is 1.91 bits per heavy atom. The van der Waals surface area contributed by atoms with Crippen molar-refractivity contribution in [3.63, 3.8) is 0 Å². The van der Waals surface area contributed by atoms with E-state index in [0.29, 0.717) is 0 Å². The second-order valence-corrected chi connectivity index (χ2v) is 4.92. The van der Waals surface area contributed by atoms with Gasteiger partial charge in [-0.05, 0) is 25.8 Å². The summed E-state index contributed by atoms with van der Waals surface area (Å²) in [6.07, 6.45) is 8.73. The van der Waals surface area contributed by atoms with Crippen molar-refractivity contribution in [3.05, 3.63) is 0 Å². The molecule has 1 saturated carbocycles. The first kappa shape index (κ1) is 9.27. The third-order valence-electron chi connectivity index (χ3n) is 2.77. The van der Waals surface area contributed by atoms with Crippen LogP contribution in [0, 0.1) is 0 Å². The van der Waals surface area contributed by atoms with Crippen LogP contribution in [0.25, 0.3) is 0 Å². The molecule has 11 heavy (non-hydrogen) atoms. The second kappa shape index (κ2) is 4.94. The molecule has 0 aromatic carbocycles. The maximum atomic E-state index is 2.68. The lowest BCUT2D eigenvalue weighted by molar-refractivity contribution is 0.262. The lowest BCUT2D eigenvalue weighted by Gasteiger charge is -2.31. The first-order chi connectivity index (χ1) is 5.34. The Balaban J connectivity index is 2.21. The van der Waals surface area contributed by atoms with E-state index in [2.05, 4.69) is 11.5 Å². The third-order valence-corrected chi connectivity index (χ3v) is 3.95. The normalized spacial score (nSPS) is 21.3. The first-order valence-corrected chi connectivity index (χ1v) is 5.94. The predicted molar refractivity (Wildman–Crippen MR) is 53.8 cm³/mol. The van der Waals surface area contributed by atoms with E-state index < -0.39 is 0 Å². The summed E-state index contributed by atoms with van der Waals surface area (Å²) in [5.74, 6) is 0. The van der Waals surface area contributed by atoms with Crippen LogP contribution in [0.3, 0.4) is 0 Å². The van der Waals surface area contributed by atoms with Gasteiger partial charge >= 0.3 is 0 Å². The van der Waals surface area contributed by atoms with Crippen LogP contribution in [-0.2, 0) is 0 Å². The van der Waals surface area contributed by atoms with Gasteiger partial charge in [-0.2, -0.15) is 0 Å². The highest BCUT2D eigenvalue weighted by Crippen LogP contribution is 2.21. The fourth-order valence-electron chi connectivity index (χ4n) is 2.06. The Labute approximate surface area is 73.7 Å². The Morgan fingerprint density at radius 3 is 2.45 bits per heavy atom. The average Bonchev–Trinajstić information content (AvgIpc) is 2.07. The van der Waals surface area contributed by atoms with Crippen molar-refractivity contribution < 1.29 is 0 Å². The highest BCUT2D eigenvalue weighted by atomic mass is 28.2. The molecule has 0 radical (unpaired) electrons. The molecule has 0 spiro atoms. The molecule has 0 aromatic heterocycles. The van der Waals surface area contributed by atoms with Gasteiger partial charge < -0.3 is 4.57 Å². The second-order valence-electron chi connectivity index (χ2n) is 3.77. The number of nitrogens with zero attached hydrogens (tertiary/aromatic N) is 1. The molecule has 66 valence electrons. The number of hydrogen-bond acceptors (Lipinski definition) is 1. The summed E-state index contributed by atoms with van der Waals surface area (Å²) in [6, 6.07) is 0.968. The minimum atomic E-state index is 0.968.